The number of carboxylic acids is 1. The zero-order valence-electron chi connectivity index (χ0n) is 20.5. The maximum Gasteiger partial charge on any atom is 0.407 e. The van der Waals surface area contributed by atoms with Crippen molar-refractivity contribution in [3.05, 3.63) is 59.7 Å². The minimum atomic E-state index is -1.47. The van der Waals surface area contributed by atoms with Crippen LogP contribution in [0.5, 0.6) is 0 Å². The third-order valence-electron chi connectivity index (χ3n) is 6.71. The van der Waals surface area contributed by atoms with Gasteiger partial charge in [0.15, 0.2) is 5.54 Å². The Morgan fingerprint density at radius 2 is 1.63 bits per heavy atom. The summed E-state index contributed by atoms with van der Waals surface area (Å²) in [5, 5.41) is 14.9. The number of benzene rings is 2. The summed E-state index contributed by atoms with van der Waals surface area (Å²) in [6.45, 7) is 3.93. The van der Waals surface area contributed by atoms with E-state index in [2.05, 4.69) is 34.9 Å². The van der Waals surface area contributed by atoms with Gasteiger partial charge in [0.05, 0.1) is 6.61 Å². The minimum Gasteiger partial charge on any atom is -0.479 e. The lowest BCUT2D eigenvalue weighted by Crippen LogP contribution is -2.57. The highest BCUT2D eigenvalue weighted by Crippen LogP contribution is 2.44. The summed E-state index contributed by atoms with van der Waals surface area (Å²) in [4.78, 5) is 36.7. The van der Waals surface area contributed by atoms with Gasteiger partial charge in [0.1, 0.15) is 6.61 Å². The number of amides is 2. The number of nitrogens with one attached hydrogen (secondary N) is 2. The molecule has 0 radical (unpaired) electrons. The second-order valence-electron chi connectivity index (χ2n) is 8.91. The fraction of sp³-hybridized carbons (Fsp3) is 0.444. The van der Waals surface area contributed by atoms with Gasteiger partial charge in [-0.15, -0.1) is 0 Å². The monoisotopic (exact) mass is 482 g/mol. The van der Waals surface area contributed by atoms with E-state index in [1.165, 1.54) is 7.11 Å². The van der Waals surface area contributed by atoms with Crippen molar-refractivity contribution in [3.8, 4) is 11.1 Å². The zero-order chi connectivity index (χ0) is 25.4. The molecule has 0 bridgehead atoms. The molecule has 2 atom stereocenters. The first-order chi connectivity index (χ1) is 16.8. The first-order valence-electron chi connectivity index (χ1n) is 12.0. The fourth-order valence-corrected chi connectivity index (χ4v) is 4.56. The number of carboxylic acid groups (broad SMARTS) is 1. The predicted molar refractivity (Wildman–Crippen MR) is 132 cm³/mol. The van der Waals surface area contributed by atoms with Gasteiger partial charge >= 0.3 is 12.1 Å². The van der Waals surface area contributed by atoms with Crippen LogP contribution >= 0.6 is 0 Å². The topological polar surface area (TPSA) is 114 Å². The van der Waals surface area contributed by atoms with Crippen LogP contribution in [0.15, 0.2) is 48.5 Å². The lowest BCUT2D eigenvalue weighted by molar-refractivity contribution is -0.150. The number of methoxy groups -OCH3 is 1. The largest absolute Gasteiger partial charge is 0.479 e. The Morgan fingerprint density at radius 3 is 2.14 bits per heavy atom. The van der Waals surface area contributed by atoms with E-state index < -0.39 is 23.5 Å². The van der Waals surface area contributed by atoms with E-state index in [4.69, 9.17) is 9.47 Å². The van der Waals surface area contributed by atoms with Gasteiger partial charge in [-0.2, -0.15) is 0 Å². The van der Waals surface area contributed by atoms with E-state index in [1.807, 2.05) is 31.2 Å². The first kappa shape index (κ1) is 26.2. The van der Waals surface area contributed by atoms with Crippen molar-refractivity contribution in [3.63, 3.8) is 0 Å². The second kappa shape index (κ2) is 11.8. The van der Waals surface area contributed by atoms with Crippen molar-refractivity contribution >= 4 is 18.0 Å². The zero-order valence-corrected chi connectivity index (χ0v) is 20.5. The van der Waals surface area contributed by atoms with Crippen molar-refractivity contribution in [2.45, 2.75) is 44.6 Å². The Hall–Kier alpha value is -3.39. The first-order valence-corrected chi connectivity index (χ1v) is 12.0. The summed E-state index contributed by atoms with van der Waals surface area (Å²) in [6.07, 6.45) is 0.363. The van der Waals surface area contributed by atoms with Gasteiger partial charge in [-0.3, -0.25) is 4.79 Å². The molecule has 0 fully saturated rings. The van der Waals surface area contributed by atoms with Crippen LogP contribution in [0.4, 0.5) is 4.79 Å². The average molecular weight is 483 g/mol. The molecule has 0 saturated carbocycles. The molecule has 0 heterocycles. The van der Waals surface area contributed by atoms with E-state index in [-0.39, 0.29) is 44.4 Å². The molecule has 8 heteroatoms. The molecule has 0 aromatic heterocycles. The molecular formula is C27H34N2O6. The molecule has 0 spiro atoms. The van der Waals surface area contributed by atoms with Crippen molar-refractivity contribution in [2.75, 3.05) is 26.9 Å². The number of aliphatic carboxylic acids is 1. The van der Waals surface area contributed by atoms with Gasteiger partial charge in [-0.1, -0.05) is 68.8 Å². The highest BCUT2D eigenvalue weighted by atomic mass is 16.5. The normalized spacial score (nSPS) is 14.8. The molecule has 35 heavy (non-hydrogen) atoms. The Bertz CT molecular complexity index is 1010. The van der Waals surface area contributed by atoms with Gasteiger partial charge in [-0.05, 0) is 34.6 Å². The summed E-state index contributed by atoms with van der Waals surface area (Å²) < 4.78 is 10.6. The number of hydrogen-bond donors (Lipinski definition) is 3. The summed E-state index contributed by atoms with van der Waals surface area (Å²) in [7, 11) is 1.40. The van der Waals surface area contributed by atoms with Gasteiger partial charge < -0.3 is 25.2 Å². The van der Waals surface area contributed by atoms with E-state index in [0.29, 0.717) is 6.42 Å². The lowest BCUT2D eigenvalue weighted by Gasteiger charge is -2.29. The van der Waals surface area contributed by atoms with Crippen LogP contribution in [0.25, 0.3) is 11.1 Å². The smallest absolute Gasteiger partial charge is 0.407 e. The molecule has 1 aliphatic rings. The molecule has 0 saturated heterocycles. The van der Waals surface area contributed by atoms with Gasteiger partial charge in [-0.25, -0.2) is 9.59 Å². The van der Waals surface area contributed by atoms with Crippen molar-refractivity contribution in [1.29, 1.82) is 0 Å². The molecule has 8 nitrogen and oxygen atoms in total. The standard InChI is InChI=1S/C27H34N2O6/c1-4-18(14-24(30)29-27(5-2,17-34-3)25(31)32)15-28-26(33)35-16-23-21-12-8-6-10-19(21)20-11-7-9-13-22(20)23/h6-13,18,23H,4-5,14-17H2,1-3H3,(H,28,33)(H,29,30)(H,31,32). The molecule has 188 valence electrons. The van der Waals surface area contributed by atoms with Crippen molar-refractivity contribution in [2.24, 2.45) is 5.92 Å². The number of carbonyl (C=O) groups is 3. The lowest BCUT2D eigenvalue weighted by atomic mass is 9.95. The van der Waals surface area contributed by atoms with Crippen molar-refractivity contribution in [1.82, 2.24) is 10.6 Å². The third kappa shape index (κ3) is 6.00. The number of carbonyl (C=O) groups excluding carboxylic acids is 2. The maximum absolute atomic E-state index is 12.6. The summed E-state index contributed by atoms with van der Waals surface area (Å²) >= 11 is 0. The summed E-state index contributed by atoms with van der Waals surface area (Å²) in [6, 6.07) is 16.3. The molecular weight excluding hydrogens is 448 g/mol. The number of fused-ring (bicyclic) bond motifs is 3. The van der Waals surface area contributed by atoms with Crippen LogP contribution in [0, 0.1) is 5.92 Å². The Balaban J connectivity index is 1.53. The van der Waals surface area contributed by atoms with Crippen LogP contribution in [0.3, 0.4) is 0 Å². The molecule has 2 aromatic carbocycles. The second-order valence-corrected chi connectivity index (χ2v) is 8.91. The number of hydrogen-bond acceptors (Lipinski definition) is 5. The maximum atomic E-state index is 12.6. The van der Waals surface area contributed by atoms with Crippen LogP contribution in [-0.2, 0) is 19.1 Å². The molecule has 2 amide bonds. The van der Waals surface area contributed by atoms with Crippen LogP contribution in [0.2, 0.25) is 0 Å². The molecule has 2 aromatic rings. The Morgan fingerprint density at radius 1 is 1.03 bits per heavy atom. The highest BCUT2D eigenvalue weighted by molar-refractivity contribution is 5.87. The molecule has 2 unspecified atom stereocenters. The van der Waals surface area contributed by atoms with E-state index in [0.717, 1.165) is 22.3 Å². The third-order valence-corrected chi connectivity index (χ3v) is 6.71. The predicted octanol–water partition coefficient (Wildman–Crippen LogP) is 3.94. The minimum absolute atomic E-state index is 0.0279. The molecule has 1 aliphatic carbocycles. The van der Waals surface area contributed by atoms with Crippen LogP contribution in [0.1, 0.15) is 50.2 Å². The summed E-state index contributed by atoms with van der Waals surface area (Å²) in [5.41, 5.74) is 3.13. The van der Waals surface area contributed by atoms with E-state index in [1.54, 1.807) is 6.92 Å². The molecule has 3 rings (SSSR count). The van der Waals surface area contributed by atoms with Crippen LogP contribution < -0.4 is 10.6 Å². The number of alkyl carbamates (subject to hydrolysis) is 1. The quantitative estimate of drug-likeness (QED) is 0.422. The number of rotatable bonds is 12. The van der Waals surface area contributed by atoms with E-state index in [9.17, 15) is 19.5 Å². The van der Waals surface area contributed by atoms with Crippen molar-refractivity contribution < 1.29 is 29.0 Å². The number of ether oxygens (including phenoxy) is 2. The van der Waals surface area contributed by atoms with E-state index >= 15 is 0 Å². The van der Waals surface area contributed by atoms with Gasteiger partial charge in [0.2, 0.25) is 5.91 Å². The van der Waals surface area contributed by atoms with Gasteiger partial charge in [0, 0.05) is 26.0 Å². The Kier molecular flexibility index (Phi) is 8.87. The molecule has 3 N–H and O–H groups in total. The van der Waals surface area contributed by atoms with Gasteiger partial charge in [0.25, 0.3) is 0 Å². The SMILES string of the molecule is CCC(CNC(=O)OCC1c2ccccc2-c2ccccc21)CC(=O)NC(CC)(COC)C(=O)O. The molecule has 0 aliphatic heterocycles. The summed E-state index contributed by atoms with van der Waals surface area (Å²) in [5.74, 6) is -1.73. The highest BCUT2D eigenvalue weighted by Gasteiger charge is 2.38. The van der Waals surface area contributed by atoms with Crippen LogP contribution in [-0.4, -0.2) is 55.5 Å². The fourth-order valence-electron chi connectivity index (χ4n) is 4.56. The Labute approximate surface area is 206 Å². The average Bonchev–Trinajstić information content (AvgIpc) is 3.18.